The molecule has 1 amide bonds. The summed E-state index contributed by atoms with van der Waals surface area (Å²) in [5, 5.41) is 4.12. The van der Waals surface area contributed by atoms with Gasteiger partial charge in [0, 0.05) is 54.6 Å². The Bertz CT molecular complexity index is 1460. The molecular weight excluding hydrogens is 526 g/mol. The largest absolute Gasteiger partial charge is 0.378 e. The van der Waals surface area contributed by atoms with Crippen LogP contribution in [-0.4, -0.2) is 67.1 Å². The molecule has 0 spiro atoms. The van der Waals surface area contributed by atoms with Gasteiger partial charge >= 0.3 is 0 Å². The van der Waals surface area contributed by atoms with Crippen molar-refractivity contribution in [2.45, 2.75) is 36.8 Å². The SMILES string of the molecule is O=C(NC1CC1)c1cc2c(s1)-c1ccccc1N(Sc1cccc(C3=CC(N4CCOCC4)=NCC3)n1)CC2. The number of nitrogens with zero attached hydrogens (tertiary/aromatic N) is 4. The molecule has 3 aliphatic heterocycles. The van der Waals surface area contributed by atoms with Crippen LogP contribution in [0.2, 0.25) is 0 Å². The van der Waals surface area contributed by atoms with Crippen LogP contribution in [0, 0.1) is 0 Å². The number of amidine groups is 1. The number of carbonyl (C=O) groups is 1. The third-order valence-electron chi connectivity index (χ3n) is 7.50. The maximum Gasteiger partial charge on any atom is 0.261 e. The number of carbonyl (C=O) groups excluding carboxylic acids is 1. The minimum absolute atomic E-state index is 0.0686. The van der Waals surface area contributed by atoms with Crippen molar-refractivity contribution in [1.29, 1.82) is 0 Å². The molecule has 4 aliphatic rings. The first-order valence-corrected chi connectivity index (χ1v) is 15.3. The van der Waals surface area contributed by atoms with Crippen molar-refractivity contribution in [2.24, 2.45) is 4.99 Å². The number of ether oxygens (including phenoxy) is 1. The molecule has 1 saturated heterocycles. The van der Waals surface area contributed by atoms with Crippen molar-refractivity contribution in [3.05, 3.63) is 70.7 Å². The van der Waals surface area contributed by atoms with Gasteiger partial charge in [-0.3, -0.25) is 9.79 Å². The highest BCUT2D eigenvalue weighted by atomic mass is 32.2. The average Bonchev–Trinajstić information content (AvgIpc) is 3.73. The number of thiophene rings is 1. The first-order valence-electron chi connectivity index (χ1n) is 13.7. The summed E-state index contributed by atoms with van der Waals surface area (Å²) in [6.07, 6.45) is 6.19. The van der Waals surface area contributed by atoms with E-state index in [0.29, 0.717) is 6.04 Å². The van der Waals surface area contributed by atoms with Gasteiger partial charge in [0.15, 0.2) is 0 Å². The molecule has 1 aromatic carbocycles. The summed E-state index contributed by atoms with van der Waals surface area (Å²) >= 11 is 3.31. The fraction of sp³-hybridized carbons (Fsp3) is 0.367. The minimum atomic E-state index is 0.0686. The van der Waals surface area contributed by atoms with Crippen LogP contribution >= 0.6 is 23.3 Å². The van der Waals surface area contributed by atoms with E-state index in [-0.39, 0.29) is 5.91 Å². The van der Waals surface area contributed by atoms with Crippen LogP contribution in [0.4, 0.5) is 5.69 Å². The summed E-state index contributed by atoms with van der Waals surface area (Å²) < 4.78 is 7.87. The highest BCUT2D eigenvalue weighted by Crippen LogP contribution is 2.44. The third kappa shape index (κ3) is 5.35. The standard InChI is InChI=1S/C30H31N5O2S2/c36-30(32-22-8-9-22)26-18-21-11-13-35(25-6-2-1-4-23(25)29(21)38-26)39-28-7-3-5-24(33-28)20-10-12-31-27(19-20)34-14-16-37-17-15-34/h1-7,18-19,22H,8-17H2,(H,32,36). The van der Waals surface area contributed by atoms with Crippen LogP contribution in [0.5, 0.6) is 0 Å². The van der Waals surface area contributed by atoms with Gasteiger partial charge in [-0.05, 0) is 67.2 Å². The lowest BCUT2D eigenvalue weighted by Crippen LogP contribution is -2.40. The second kappa shape index (κ2) is 10.8. The Morgan fingerprint density at radius 1 is 1.05 bits per heavy atom. The van der Waals surface area contributed by atoms with Crippen LogP contribution in [-0.2, 0) is 11.2 Å². The summed E-state index contributed by atoms with van der Waals surface area (Å²) in [5.74, 6) is 1.12. The quantitative estimate of drug-likeness (QED) is 0.430. The van der Waals surface area contributed by atoms with Gasteiger partial charge in [-0.2, -0.15) is 0 Å². The Hall–Kier alpha value is -3.14. The van der Waals surface area contributed by atoms with Crippen molar-refractivity contribution >= 4 is 46.3 Å². The summed E-state index contributed by atoms with van der Waals surface area (Å²) in [6.45, 7) is 4.92. The number of hydrogen-bond acceptors (Lipinski definition) is 8. The number of hydrogen-bond donors (Lipinski definition) is 1. The molecular formula is C30H31N5O2S2. The van der Waals surface area contributed by atoms with E-state index in [1.54, 1.807) is 23.3 Å². The number of para-hydroxylation sites is 1. The lowest BCUT2D eigenvalue weighted by molar-refractivity contribution is 0.0683. The lowest BCUT2D eigenvalue weighted by Gasteiger charge is -2.30. The number of morpholine rings is 1. The van der Waals surface area contributed by atoms with Crippen molar-refractivity contribution in [3.8, 4) is 10.4 Å². The summed E-state index contributed by atoms with van der Waals surface area (Å²) in [6, 6.07) is 17.3. The number of amides is 1. The zero-order valence-corrected chi connectivity index (χ0v) is 23.4. The van der Waals surface area contributed by atoms with Gasteiger partial charge in [0.25, 0.3) is 5.91 Å². The molecule has 0 unspecified atom stereocenters. The van der Waals surface area contributed by atoms with Gasteiger partial charge in [0.1, 0.15) is 10.9 Å². The highest BCUT2D eigenvalue weighted by molar-refractivity contribution is 8.00. The molecule has 2 aromatic heterocycles. The summed E-state index contributed by atoms with van der Waals surface area (Å²) in [7, 11) is 0. The number of fused-ring (bicyclic) bond motifs is 3. The molecule has 0 atom stereocenters. The van der Waals surface area contributed by atoms with E-state index >= 15 is 0 Å². The zero-order valence-electron chi connectivity index (χ0n) is 21.8. The molecule has 0 radical (unpaired) electrons. The van der Waals surface area contributed by atoms with E-state index in [9.17, 15) is 4.79 Å². The van der Waals surface area contributed by atoms with E-state index in [1.807, 2.05) is 0 Å². The summed E-state index contributed by atoms with van der Waals surface area (Å²) in [5.41, 5.74) is 5.87. The Balaban J connectivity index is 1.12. The maximum absolute atomic E-state index is 12.7. The first kappa shape index (κ1) is 24.9. The number of pyridine rings is 1. The van der Waals surface area contributed by atoms with Gasteiger partial charge < -0.3 is 19.3 Å². The van der Waals surface area contributed by atoms with Crippen LogP contribution in [0.3, 0.4) is 0 Å². The number of anilines is 1. The van der Waals surface area contributed by atoms with Crippen molar-refractivity contribution in [2.75, 3.05) is 43.7 Å². The van der Waals surface area contributed by atoms with E-state index in [2.05, 4.69) is 69.1 Å². The maximum atomic E-state index is 12.7. The van der Waals surface area contributed by atoms with Crippen LogP contribution in [0.25, 0.3) is 16.0 Å². The smallest absolute Gasteiger partial charge is 0.261 e. The molecule has 1 N–H and O–H groups in total. The Morgan fingerprint density at radius 3 is 2.79 bits per heavy atom. The average molecular weight is 558 g/mol. The predicted octanol–water partition coefficient (Wildman–Crippen LogP) is 5.29. The van der Waals surface area contributed by atoms with Crippen LogP contribution < -0.4 is 9.62 Å². The van der Waals surface area contributed by atoms with Crippen molar-refractivity contribution in [1.82, 2.24) is 15.2 Å². The minimum Gasteiger partial charge on any atom is -0.378 e. The number of rotatable bonds is 5. The second-order valence-corrected chi connectivity index (χ2v) is 12.4. The van der Waals surface area contributed by atoms with Gasteiger partial charge in [-0.1, -0.05) is 24.3 Å². The predicted molar refractivity (Wildman–Crippen MR) is 159 cm³/mol. The topological polar surface area (TPSA) is 70.1 Å². The van der Waals surface area contributed by atoms with Gasteiger partial charge in [0.2, 0.25) is 0 Å². The fourth-order valence-corrected chi connectivity index (χ4v) is 7.36. The lowest BCUT2D eigenvalue weighted by atomic mass is 10.1. The molecule has 7 nitrogen and oxygen atoms in total. The highest BCUT2D eigenvalue weighted by Gasteiger charge is 2.28. The van der Waals surface area contributed by atoms with E-state index in [4.69, 9.17) is 14.7 Å². The van der Waals surface area contributed by atoms with Gasteiger partial charge in [-0.25, -0.2) is 4.98 Å². The Labute approximate surface area is 237 Å². The molecule has 1 aliphatic carbocycles. The monoisotopic (exact) mass is 557 g/mol. The Kier molecular flexibility index (Phi) is 6.88. The number of benzene rings is 1. The fourth-order valence-electron chi connectivity index (χ4n) is 5.27. The number of dihydropyridines is 1. The van der Waals surface area contributed by atoms with E-state index < -0.39 is 0 Å². The van der Waals surface area contributed by atoms with E-state index in [0.717, 1.165) is 86.5 Å². The molecule has 39 heavy (non-hydrogen) atoms. The first-order chi connectivity index (χ1) is 19.2. The molecule has 5 heterocycles. The van der Waals surface area contributed by atoms with Gasteiger partial charge in [0.05, 0.1) is 29.5 Å². The molecule has 3 aromatic rings. The summed E-state index contributed by atoms with van der Waals surface area (Å²) in [4.78, 5) is 26.9. The molecule has 9 heteroatoms. The number of nitrogens with one attached hydrogen (secondary N) is 1. The van der Waals surface area contributed by atoms with Gasteiger partial charge in [-0.15, -0.1) is 11.3 Å². The molecule has 0 bridgehead atoms. The zero-order chi connectivity index (χ0) is 26.2. The number of aliphatic imine (C=N–C) groups is 1. The normalized spacial score (nSPS) is 19.0. The Morgan fingerprint density at radius 2 is 1.92 bits per heavy atom. The second-order valence-electron chi connectivity index (χ2n) is 10.3. The van der Waals surface area contributed by atoms with Crippen molar-refractivity contribution < 1.29 is 9.53 Å². The van der Waals surface area contributed by atoms with Crippen molar-refractivity contribution in [3.63, 3.8) is 0 Å². The molecule has 7 rings (SSSR count). The molecule has 1 saturated carbocycles. The molecule has 200 valence electrons. The van der Waals surface area contributed by atoms with E-state index in [1.165, 1.54) is 27.3 Å². The van der Waals surface area contributed by atoms with Crippen LogP contribution in [0.1, 0.15) is 40.2 Å². The number of aromatic nitrogens is 1. The van der Waals surface area contributed by atoms with Crippen LogP contribution in [0.15, 0.2) is 64.6 Å². The molecule has 2 fully saturated rings. The third-order valence-corrected chi connectivity index (χ3v) is 9.72.